The van der Waals surface area contributed by atoms with E-state index in [1.54, 1.807) is 0 Å². The predicted octanol–water partition coefficient (Wildman–Crippen LogP) is 3.10. The van der Waals surface area contributed by atoms with E-state index in [-0.39, 0.29) is 0 Å². The number of rotatable bonds is 2. The number of azide groups is 1. The molecule has 1 rings (SSSR count). The van der Waals surface area contributed by atoms with E-state index in [1.165, 1.54) is 3.57 Å². The summed E-state index contributed by atoms with van der Waals surface area (Å²) in [5.41, 5.74) is 9.08. The molecule has 0 aliphatic heterocycles. The number of nitrogens with zero attached hydrogens (tertiary/aromatic N) is 3. The van der Waals surface area contributed by atoms with Crippen LogP contribution in [0.5, 0.6) is 0 Å². The van der Waals surface area contributed by atoms with Crippen LogP contribution in [0.4, 0.5) is 0 Å². The van der Waals surface area contributed by atoms with E-state index >= 15 is 0 Å². The summed E-state index contributed by atoms with van der Waals surface area (Å²) in [6.45, 7) is 0.438. The van der Waals surface area contributed by atoms with Crippen molar-refractivity contribution in [1.29, 1.82) is 0 Å². The van der Waals surface area contributed by atoms with Gasteiger partial charge in [0.15, 0.2) is 0 Å². The van der Waals surface area contributed by atoms with Crippen molar-refractivity contribution in [3.8, 4) is 0 Å². The molecule has 0 amide bonds. The third-order valence-electron chi connectivity index (χ3n) is 1.23. The van der Waals surface area contributed by atoms with E-state index in [4.69, 9.17) is 5.53 Å². The van der Waals surface area contributed by atoms with Gasteiger partial charge in [0.25, 0.3) is 0 Å². The number of halogens is 1. The summed E-state index contributed by atoms with van der Waals surface area (Å²) < 4.78 is 1.19. The first kappa shape index (κ1) is 8.36. The minimum Gasteiger partial charge on any atom is -0.0893 e. The monoisotopic (exact) mass is 257 g/mol. The van der Waals surface area contributed by atoms with Crippen LogP contribution in [0.15, 0.2) is 29.4 Å². The number of benzene rings is 1. The summed E-state index contributed by atoms with van der Waals surface area (Å²) in [5, 5.41) is 3.45. The summed E-state index contributed by atoms with van der Waals surface area (Å²) in [6, 6.07) is 7.89. The summed E-state index contributed by atoms with van der Waals surface area (Å²) >= 11 is 2.23. The first-order chi connectivity index (χ1) is 5.33. The van der Waals surface area contributed by atoms with Crippen molar-refractivity contribution >= 4 is 22.6 Å². The van der Waals surface area contributed by atoms with Crippen LogP contribution in [-0.4, -0.2) is 0 Å². The van der Waals surface area contributed by atoms with E-state index in [1.807, 2.05) is 24.3 Å². The molecule has 3 nitrogen and oxygen atoms in total. The van der Waals surface area contributed by atoms with Crippen molar-refractivity contribution in [1.82, 2.24) is 0 Å². The molecule has 11 heavy (non-hydrogen) atoms. The molecule has 1 aromatic carbocycles. The Morgan fingerprint density at radius 3 is 2.55 bits per heavy atom. The van der Waals surface area contributed by atoms with E-state index < -0.39 is 0 Å². The number of hydrogen-bond donors (Lipinski definition) is 0. The molecule has 0 unspecified atom stereocenters. The molecule has 0 aliphatic carbocycles. The maximum absolute atomic E-state index is 8.04. The van der Waals surface area contributed by atoms with Crippen LogP contribution < -0.4 is 0 Å². The molecule has 0 spiro atoms. The zero-order chi connectivity index (χ0) is 8.10. The minimum absolute atomic E-state index is 0.438. The first-order valence-corrected chi connectivity index (χ1v) is 4.16. The Bertz CT molecular complexity index is 274. The van der Waals surface area contributed by atoms with Crippen LogP contribution in [0.1, 0.15) is 5.56 Å². The van der Waals surface area contributed by atoms with Gasteiger partial charge in [0.05, 0.1) is 6.54 Å². The van der Waals surface area contributed by atoms with Gasteiger partial charge in [-0.3, -0.25) is 0 Å². The molecule has 1 aromatic rings. The van der Waals surface area contributed by atoms with Crippen molar-refractivity contribution < 1.29 is 0 Å². The average Bonchev–Trinajstić information content (AvgIpc) is 2.04. The molecule has 0 N–H and O–H groups in total. The normalized spacial score (nSPS) is 8.82. The Morgan fingerprint density at radius 1 is 1.36 bits per heavy atom. The molecule has 0 radical (unpaired) electrons. The van der Waals surface area contributed by atoms with Crippen LogP contribution in [0.2, 0.25) is 0 Å². The predicted molar refractivity (Wildman–Crippen MR) is 52.0 cm³/mol. The van der Waals surface area contributed by atoms with Gasteiger partial charge in [-0.1, -0.05) is 17.2 Å². The van der Waals surface area contributed by atoms with E-state index in [0.29, 0.717) is 6.54 Å². The second-order valence-electron chi connectivity index (χ2n) is 2.02. The Labute approximate surface area is 78.2 Å². The van der Waals surface area contributed by atoms with Gasteiger partial charge in [0.1, 0.15) is 0 Å². The summed E-state index contributed by atoms with van der Waals surface area (Å²) in [5.74, 6) is 0. The van der Waals surface area contributed by atoms with Crippen LogP contribution in [-0.2, 0) is 6.54 Å². The summed E-state index contributed by atoms with van der Waals surface area (Å²) in [7, 11) is 0. The zero-order valence-electron chi connectivity index (χ0n) is 5.74. The molecule has 0 saturated carbocycles. The maximum Gasteiger partial charge on any atom is 0.0510 e. The quantitative estimate of drug-likeness (QED) is 0.338. The lowest BCUT2D eigenvalue weighted by atomic mass is 10.2. The SMILES string of the molecule is [N-]=[N+]=NCc1ccc([125I])cc1. The van der Waals surface area contributed by atoms with Crippen LogP contribution in [0.25, 0.3) is 10.4 Å². The van der Waals surface area contributed by atoms with Crippen molar-refractivity contribution in [2.24, 2.45) is 5.11 Å². The average molecular weight is 257 g/mol. The van der Waals surface area contributed by atoms with Crippen LogP contribution in [0.3, 0.4) is 0 Å². The fourth-order valence-electron chi connectivity index (χ4n) is 0.703. The Hall–Kier alpha value is -0.740. The fraction of sp³-hybridized carbons (Fsp3) is 0.143. The van der Waals surface area contributed by atoms with Crippen molar-refractivity contribution in [3.63, 3.8) is 0 Å². The highest BCUT2D eigenvalue weighted by atomic mass is 125. The van der Waals surface area contributed by atoms with Gasteiger partial charge in [-0.25, -0.2) is 0 Å². The van der Waals surface area contributed by atoms with E-state index in [9.17, 15) is 0 Å². The molecule has 0 saturated heterocycles. The van der Waals surface area contributed by atoms with Gasteiger partial charge < -0.3 is 0 Å². The number of hydrogen-bond acceptors (Lipinski definition) is 1. The lowest BCUT2D eigenvalue weighted by molar-refractivity contribution is 1.05. The molecule has 0 heterocycles. The smallest absolute Gasteiger partial charge is 0.0510 e. The highest BCUT2D eigenvalue weighted by Crippen LogP contribution is 2.07. The zero-order valence-corrected chi connectivity index (χ0v) is 7.89. The van der Waals surface area contributed by atoms with Gasteiger partial charge in [0, 0.05) is 8.48 Å². The van der Waals surface area contributed by atoms with Crippen molar-refractivity contribution in [2.75, 3.05) is 0 Å². The lowest BCUT2D eigenvalue weighted by Crippen LogP contribution is -1.78. The highest BCUT2D eigenvalue weighted by Gasteiger charge is 1.88. The highest BCUT2D eigenvalue weighted by molar-refractivity contribution is 14.1. The van der Waals surface area contributed by atoms with Crippen molar-refractivity contribution in [2.45, 2.75) is 6.54 Å². The standard InChI is InChI=1S/C7H6IN3/c8-7-3-1-6(2-4-7)5-10-11-9/h1-4H,5H2/i8-2. The van der Waals surface area contributed by atoms with Gasteiger partial charge in [-0.05, 0) is 45.8 Å². The second kappa shape index (κ2) is 4.20. The Morgan fingerprint density at radius 2 is 2.00 bits per heavy atom. The van der Waals surface area contributed by atoms with Gasteiger partial charge >= 0.3 is 0 Å². The molecule has 0 atom stereocenters. The van der Waals surface area contributed by atoms with Crippen molar-refractivity contribution in [3.05, 3.63) is 43.8 Å². The molecule has 0 fully saturated rings. The van der Waals surface area contributed by atoms with Gasteiger partial charge in [-0.15, -0.1) is 0 Å². The summed E-state index contributed by atoms with van der Waals surface area (Å²) in [4.78, 5) is 2.68. The largest absolute Gasteiger partial charge is 0.0893 e. The lowest BCUT2D eigenvalue weighted by Gasteiger charge is -1.93. The molecular weight excluding hydrogens is 251 g/mol. The molecule has 0 aromatic heterocycles. The second-order valence-corrected chi connectivity index (χ2v) is 3.26. The topological polar surface area (TPSA) is 48.8 Å². The van der Waals surface area contributed by atoms with Gasteiger partial charge in [-0.2, -0.15) is 0 Å². The fourth-order valence-corrected chi connectivity index (χ4v) is 1.06. The summed E-state index contributed by atoms with van der Waals surface area (Å²) in [6.07, 6.45) is 0. The first-order valence-electron chi connectivity index (χ1n) is 3.08. The van der Waals surface area contributed by atoms with E-state index in [2.05, 4.69) is 32.6 Å². The molecule has 4 heteroatoms. The third-order valence-corrected chi connectivity index (χ3v) is 1.95. The Balaban J connectivity index is 2.73. The molecule has 0 aliphatic rings. The molecular formula is C7H6IN3. The molecule has 0 bridgehead atoms. The molecule has 56 valence electrons. The minimum atomic E-state index is 0.438. The third kappa shape index (κ3) is 2.78. The van der Waals surface area contributed by atoms with Crippen LogP contribution >= 0.6 is 22.6 Å². The maximum atomic E-state index is 8.04. The van der Waals surface area contributed by atoms with Gasteiger partial charge in [0.2, 0.25) is 0 Å². The van der Waals surface area contributed by atoms with E-state index in [0.717, 1.165) is 5.56 Å². The Kier molecular flexibility index (Phi) is 3.19. The van der Waals surface area contributed by atoms with Crippen LogP contribution in [0, 0.1) is 3.57 Å².